The number of carbonyl (C=O) groups excluding carboxylic acids is 1. The Balaban J connectivity index is 1.95. The summed E-state index contributed by atoms with van der Waals surface area (Å²) in [7, 11) is 1.56. The molecule has 1 saturated carbocycles. The molecule has 2 rings (SSSR count). The molecule has 0 aliphatic heterocycles. The van der Waals surface area contributed by atoms with Gasteiger partial charge in [0.1, 0.15) is 11.5 Å². The lowest BCUT2D eigenvalue weighted by molar-refractivity contribution is -0.123. The van der Waals surface area contributed by atoms with Crippen LogP contribution in [0.25, 0.3) is 0 Å². The van der Waals surface area contributed by atoms with Crippen LogP contribution < -0.4 is 10.1 Å². The molecular formula is C18H27NO3. The number of methoxy groups -OCH3 is 1. The van der Waals surface area contributed by atoms with E-state index in [0.717, 1.165) is 6.42 Å². The molecular weight excluding hydrogens is 278 g/mol. The van der Waals surface area contributed by atoms with E-state index >= 15 is 0 Å². The van der Waals surface area contributed by atoms with Crippen molar-refractivity contribution in [2.75, 3.05) is 7.11 Å². The number of hydrogen-bond acceptors (Lipinski definition) is 3. The van der Waals surface area contributed by atoms with Gasteiger partial charge in [-0.15, -0.1) is 0 Å². The van der Waals surface area contributed by atoms with E-state index in [2.05, 4.69) is 5.32 Å². The van der Waals surface area contributed by atoms with Crippen LogP contribution in [0, 0.1) is 5.92 Å². The third-order valence-electron chi connectivity index (χ3n) is 4.58. The third kappa shape index (κ3) is 4.15. The van der Waals surface area contributed by atoms with E-state index < -0.39 is 5.54 Å². The van der Waals surface area contributed by atoms with E-state index in [1.54, 1.807) is 25.3 Å². The molecule has 1 aromatic rings. The Morgan fingerprint density at radius 2 is 2.05 bits per heavy atom. The number of aromatic hydroxyl groups is 1. The molecule has 2 N–H and O–H groups in total. The Morgan fingerprint density at radius 3 is 2.64 bits per heavy atom. The van der Waals surface area contributed by atoms with Gasteiger partial charge in [-0.2, -0.15) is 0 Å². The minimum atomic E-state index is -0.608. The molecule has 4 nitrogen and oxygen atoms in total. The van der Waals surface area contributed by atoms with Crippen molar-refractivity contribution in [3.8, 4) is 11.5 Å². The Kier molecular flexibility index (Phi) is 5.33. The second-order valence-electron chi connectivity index (χ2n) is 6.75. The van der Waals surface area contributed by atoms with Crippen LogP contribution in [0.15, 0.2) is 18.2 Å². The summed E-state index contributed by atoms with van der Waals surface area (Å²) in [5.74, 6) is 1.50. The van der Waals surface area contributed by atoms with Crippen molar-refractivity contribution in [1.82, 2.24) is 5.32 Å². The summed E-state index contributed by atoms with van der Waals surface area (Å²) in [6, 6.07) is 5.16. The zero-order valence-electron chi connectivity index (χ0n) is 13.8. The Morgan fingerprint density at radius 1 is 1.36 bits per heavy atom. The first-order valence-corrected chi connectivity index (χ1v) is 8.11. The van der Waals surface area contributed by atoms with E-state index in [4.69, 9.17) is 4.74 Å². The highest BCUT2D eigenvalue weighted by Gasteiger charge is 2.26. The van der Waals surface area contributed by atoms with Gasteiger partial charge in [-0.1, -0.05) is 25.7 Å². The number of phenolic OH excluding ortho intramolecular Hbond substituents is 1. The number of carbonyl (C=O) groups is 1. The maximum atomic E-state index is 12.2. The van der Waals surface area contributed by atoms with Gasteiger partial charge < -0.3 is 15.2 Å². The average Bonchev–Trinajstić information content (AvgIpc) is 2.97. The largest absolute Gasteiger partial charge is 0.507 e. The predicted molar refractivity (Wildman–Crippen MR) is 87.0 cm³/mol. The first-order chi connectivity index (χ1) is 10.4. The first kappa shape index (κ1) is 16.7. The van der Waals surface area contributed by atoms with Crippen molar-refractivity contribution in [1.29, 1.82) is 0 Å². The van der Waals surface area contributed by atoms with E-state index in [9.17, 15) is 9.90 Å². The van der Waals surface area contributed by atoms with Crippen LogP contribution in [-0.2, 0) is 10.3 Å². The lowest BCUT2D eigenvalue weighted by Gasteiger charge is -2.28. The highest BCUT2D eigenvalue weighted by Crippen LogP contribution is 2.32. The van der Waals surface area contributed by atoms with Gasteiger partial charge in [0.25, 0.3) is 0 Å². The molecule has 0 saturated heterocycles. The number of benzene rings is 1. The highest BCUT2D eigenvalue weighted by atomic mass is 16.5. The zero-order chi connectivity index (χ0) is 16.2. The number of rotatable bonds is 6. The maximum absolute atomic E-state index is 12.2. The lowest BCUT2D eigenvalue weighted by atomic mass is 9.92. The number of amides is 1. The maximum Gasteiger partial charge on any atom is 0.220 e. The average molecular weight is 305 g/mol. The standard InChI is InChI=1S/C18H27NO3/c1-18(2,15-10-9-14(22-3)12-16(15)20)19-17(21)11-8-13-6-4-5-7-13/h9-10,12-13,20H,4-8,11H2,1-3H3,(H,19,21). The van der Waals surface area contributed by atoms with Crippen molar-refractivity contribution in [2.24, 2.45) is 5.92 Å². The van der Waals surface area contributed by atoms with E-state index in [1.807, 2.05) is 13.8 Å². The minimum Gasteiger partial charge on any atom is -0.507 e. The normalized spacial score (nSPS) is 15.8. The van der Waals surface area contributed by atoms with E-state index in [0.29, 0.717) is 23.7 Å². The number of ether oxygens (including phenoxy) is 1. The lowest BCUT2D eigenvalue weighted by Crippen LogP contribution is -2.41. The molecule has 0 aromatic heterocycles. The summed E-state index contributed by atoms with van der Waals surface area (Å²) < 4.78 is 5.09. The molecule has 1 aromatic carbocycles. The molecule has 0 spiro atoms. The van der Waals surface area contributed by atoms with Crippen LogP contribution >= 0.6 is 0 Å². The van der Waals surface area contributed by atoms with E-state index in [-0.39, 0.29) is 11.7 Å². The van der Waals surface area contributed by atoms with Gasteiger partial charge in [0.15, 0.2) is 0 Å². The second-order valence-corrected chi connectivity index (χ2v) is 6.75. The fraction of sp³-hybridized carbons (Fsp3) is 0.611. The van der Waals surface area contributed by atoms with Gasteiger partial charge in [-0.25, -0.2) is 0 Å². The van der Waals surface area contributed by atoms with Crippen molar-refractivity contribution in [3.63, 3.8) is 0 Å². The fourth-order valence-corrected chi connectivity index (χ4v) is 3.28. The molecule has 1 aliphatic carbocycles. The zero-order valence-corrected chi connectivity index (χ0v) is 13.8. The summed E-state index contributed by atoms with van der Waals surface area (Å²) in [5.41, 5.74) is 0.0888. The molecule has 0 bridgehead atoms. The predicted octanol–water partition coefficient (Wildman–Crippen LogP) is 3.72. The first-order valence-electron chi connectivity index (χ1n) is 8.11. The second kappa shape index (κ2) is 7.03. The quantitative estimate of drug-likeness (QED) is 0.842. The summed E-state index contributed by atoms with van der Waals surface area (Å²) >= 11 is 0. The Labute approximate surface area is 132 Å². The molecule has 1 aliphatic rings. The molecule has 4 heteroatoms. The van der Waals surface area contributed by atoms with Crippen LogP contribution in [-0.4, -0.2) is 18.1 Å². The van der Waals surface area contributed by atoms with Crippen LogP contribution in [0.2, 0.25) is 0 Å². The molecule has 1 amide bonds. The molecule has 22 heavy (non-hydrogen) atoms. The summed E-state index contributed by atoms with van der Waals surface area (Å²) in [6.45, 7) is 3.81. The molecule has 1 fully saturated rings. The van der Waals surface area contributed by atoms with Crippen LogP contribution in [0.3, 0.4) is 0 Å². The van der Waals surface area contributed by atoms with E-state index in [1.165, 1.54) is 25.7 Å². The third-order valence-corrected chi connectivity index (χ3v) is 4.58. The Hall–Kier alpha value is -1.71. The van der Waals surface area contributed by atoms with Gasteiger partial charge in [-0.3, -0.25) is 4.79 Å². The summed E-state index contributed by atoms with van der Waals surface area (Å²) in [5, 5.41) is 13.2. The van der Waals surface area contributed by atoms with Gasteiger partial charge in [0, 0.05) is 18.1 Å². The number of hydrogen-bond donors (Lipinski definition) is 2. The van der Waals surface area contributed by atoms with Gasteiger partial charge in [0.05, 0.1) is 12.6 Å². The van der Waals surface area contributed by atoms with Crippen LogP contribution in [0.4, 0.5) is 0 Å². The topological polar surface area (TPSA) is 58.6 Å². The van der Waals surface area contributed by atoms with Gasteiger partial charge >= 0.3 is 0 Å². The molecule has 0 heterocycles. The van der Waals surface area contributed by atoms with Crippen molar-refractivity contribution in [2.45, 2.75) is 57.9 Å². The van der Waals surface area contributed by atoms with Crippen molar-refractivity contribution >= 4 is 5.91 Å². The summed E-state index contributed by atoms with van der Waals surface area (Å²) in [6.07, 6.45) is 6.66. The Bertz CT molecular complexity index is 519. The monoisotopic (exact) mass is 305 g/mol. The number of phenols is 1. The number of nitrogens with one attached hydrogen (secondary N) is 1. The SMILES string of the molecule is COc1ccc(C(C)(C)NC(=O)CCC2CCCC2)c(O)c1. The van der Waals surface area contributed by atoms with Gasteiger partial charge in [-0.05, 0) is 38.3 Å². The fourth-order valence-electron chi connectivity index (χ4n) is 3.28. The van der Waals surface area contributed by atoms with Crippen molar-refractivity contribution in [3.05, 3.63) is 23.8 Å². The summed E-state index contributed by atoms with van der Waals surface area (Å²) in [4.78, 5) is 12.2. The molecule has 0 radical (unpaired) electrons. The van der Waals surface area contributed by atoms with Gasteiger partial charge in [0.2, 0.25) is 5.91 Å². The smallest absolute Gasteiger partial charge is 0.220 e. The van der Waals surface area contributed by atoms with Crippen molar-refractivity contribution < 1.29 is 14.6 Å². The minimum absolute atomic E-state index is 0.0483. The molecule has 122 valence electrons. The van der Waals surface area contributed by atoms with Crippen LogP contribution in [0.1, 0.15) is 57.9 Å². The van der Waals surface area contributed by atoms with Crippen LogP contribution in [0.5, 0.6) is 11.5 Å². The highest BCUT2D eigenvalue weighted by molar-refractivity contribution is 5.77. The molecule has 0 unspecified atom stereocenters. The molecule has 0 atom stereocenters.